The van der Waals surface area contributed by atoms with Crippen molar-refractivity contribution in [2.75, 3.05) is 7.11 Å². The molecule has 0 saturated heterocycles. The molecular formula is C33H30N3O2+. The molecule has 6 aromatic rings. The fourth-order valence-electron chi connectivity index (χ4n) is 7.22. The number of aryl methyl sites for hydroxylation is 1. The summed E-state index contributed by atoms with van der Waals surface area (Å²) >= 11 is 0. The summed E-state index contributed by atoms with van der Waals surface area (Å²) in [5.41, 5.74) is 6.78. The Morgan fingerprint density at radius 2 is 1.66 bits per heavy atom. The molecule has 8 rings (SSSR count). The molecule has 4 aromatic carbocycles. The first-order valence-corrected chi connectivity index (χ1v) is 13.3. The third-order valence-electron chi connectivity index (χ3n) is 9.02. The summed E-state index contributed by atoms with van der Waals surface area (Å²) in [6, 6.07) is 23.7. The van der Waals surface area contributed by atoms with E-state index in [1.807, 2.05) is 6.33 Å². The standard InChI is InChI=1S/C33H30N3O2/c1-32(2,3)23-16-22-25(21-13-9-8-12-20(21)23)28-30(33(28,37)38-5)36-17-34-31-27(29(22)36)26-19-11-7-6-10-18(19)14-15-24(26)35(31)4/h6-17,28,30,37H,1-5H3/q+1. The van der Waals surface area contributed by atoms with Crippen LogP contribution < -0.4 is 4.57 Å². The molecule has 1 N–H and O–H groups in total. The highest BCUT2D eigenvalue weighted by atomic mass is 16.6. The molecule has 5 nitrogen and oxygen atoms in total. The minimum Gasteiger partial charge on any atom is -0.362 e. The van der Waals surface area contributed by atoms with Crippen LogP contribution >= 0.6 is 0 Å². The van der Waals surface area contributed by atoms with Crippen molar-refractivity contribution in [2.24, 2.45) is 7.05 Å². The van der Waals surface area contributed by atoms with E-state index >= 15 is 0 Å². The molecule has 1 aliphatic heterocycles. The Labute approximate surface area is 220 Å². The van der Waals surface area contributed by atoms with Gasteiger partial charge < -0.3 is 14.4 Å². The number of aliphatic hydroxyl groups is 1. The summed E-state index contributed by atoms with van der Waals surface area (Å²) in [4.78, 5) is 4.98. The average molecular weight is 501 g/mol. The summed E-state index contributed by atoms with van der Waals surface area (Å²) in [5, 5.41) is 18.9. The van der Waals surface area contributed by atoms with Crippen LogP contribution in [0.5, 0.6) is 0 Å². The molecule has 2 aliphatic rings. The predicted molar refractivity (Wildman–Crippen MR) is 151 cm³/mol. The second-order valence-corrected chi connectivity index (χ2v) is 12.0. The number of fused-ring (bicyclic) bond motifs is 14. The number of ether oxygens (including phenoxy) is 1. The molecule has 188 valence electrons. The SMILES string of the molecule is COC1(O)C2c3c(cc(C(C)(C)C)c4ccccc34)-c3c4c5c6ccccc6ccc5n(C)c4nc[n+]3C21. The second kappa shape index (κ2) is 6.99. The summed E-state index contributed by atoms with van der Waals surface area (Å²) in [7, 11) is 3.71. The minimum atomic E-state index is -1.28. The van der Waals surface area contributed by atoms with Gasteiger partial charge in [0.25, 0.3) is 12.0 Å². The van der Waals surface area contributed by atoms with Crippen LogP contribution in [0, 0.1) is 0 Å². The van der Waals surface area contributed by atoms with Gasteiger partial charge in [-0.2, -0.15) is 0 Å². The normalized spacial score (nSPS) is 22.2. The third-order valence-corrected chi connectivity index (χ3v) is 9.02. The van der Waals surface area contributed by atoms with E-state index in [1.165, 1.54) is 38.1 Å². The van der Waals surface area contributed by atoms with Gasteiger partial charge in [-0.25, -0.2) is 4.57 Å². The zero-order valence-corrected chi connectivity index (χ0v) is 22.3. The van der Waals surface area contributed by atoms with Gasteiger partial charge in [0.1, 0.15) is 11.1 Å². The minimum absolute atomic E-state index is 0.0605. The van der Waals surface area contributed by atoms with Gasteiger partial charge in [0.05, 0.1) is 11.4 Å². The van der Waals surface area contributed by atoms with E-state index in [4.69, 9.17) is 9.72 Å². The molecule has 1 aliphatic carbocycles. The van der Waals surface area contributed by atoms with Crippen LogP contribution in [0.2, 0.25) is 0 Å². The lowest BCUT2D eigenvalue weighted by Gasteiger charge is -2.26. The molecule has 2 aromatic heterocycles. The first-order valence-electron chi connectivity index (χ1n) is 13.3. The first-order chi connectivity index (χ1) is 18.3. The maximum absolute atomic E-state index is 11.8. The van der Waals surface area contributed by atoms with Crippen molar-refractivity contribution >= 4 is 43.5 Å². The Bertz CT molecular complexity index is 2000. The van der Waals surface area contributed by atoms with E-state index in [1.54, 1.807) is 7.11 Å². The van der Waals surface area contributed by atoms with E-state index < -0.39 is 5.79 Å². The Hall–Kier alpha value is -3.80. The van der Waals surface area contributed by atoms with Gasteiger partial charge in [-0.15, -0.1) is 0 Å². The quantitative estimate of drug-likeness (QED) is 0.214. The molecule has 3 heterocycles. The number of hydrogen-bond acceptors (Lipinski definition) is 3. The van der Waals surface area contributed by atoms with Crippen LogP contribution in [-0.2, 0) is 17.2 Å². The lowest BCUT2D eigenvalue weighted by molar-refractivity contribution is -0.704. The zero-order chi connectivity index (χ0) is 26.1. The smallest absolute Gasteiger partial charge is 0.289 e. The lowest BCUT2D eigenvalue weighted by Crippen LogP contribution is -2.41. The Morgan fingerprint density at radius 3 is 2.39 bits per heavy atom. The van der Waals surface area contributed by atoms with Crippen molar-refractivity contribution in [2.45, 2.75) is 43.9 Å². The molecule has 3 atom stereocenters. The van der Waals surface area contributed by atoms with Crippen molar-refractivity contribution < 1.29 is 14.4 Å². The highest BCUT2D eigenvalue weighted by Crippen LogP contribution is 2.65. The van der Waals surface area contributed by atoms with Gasteiger partial charge in [-0.05, 0) is 55.2 Å². The van der Waals surface area contributed by atoms with Gasteiger partial charge in [0, 0.05) is 25.1 Å². The Balaban J connectivity index is 1.64. The van der Waals surface area contributed by atoms with Gasteiger partial charge >= 0.3 is 0 Å². The summed E-state index contributed by atoms with van der Waals surface area (Å²) < 4.78 is 10.2. The fourth-order valence-corrected chi connectivity index (χ4v) is 7.22. The Morgan fingerprint density at radius 1 is 0.947 bits per heavy atom. The van der Waals surface area contributed by atoms with Crippen LogP contribution in [0.25, 0.3) is 54.7 Å². The van der Waals surface area contributed by atoms with Crippen LogP contribution in [0.15, 0.2) is 73.1 Å². The van der Waals surface area contributed by atoms with Gasteiger partial charge in [0.2, 0.25) is 5.79 Å². The number of methoxy groups -OCH3 is 1. The third kappa shape index (κ3) is 2.53. The Kier molecular flexibility index (Phi) is 4.08. The van der Waals surface area contributed by atoms with Gasteiger partial charge in [-0.1, -0.05) is 75.4 Å². The molecular weight excluding hydrogens is 470 g/mol. The number of rotatable bonds is 1. The summed E-state index contributed by atoms with van der Waals surface area (Å²) in [5.74, 6) is -1.44. The molecule has 1 saturated carbocycles. The highest BCUT2D eigenvalue weighted by Gasteiger charge is 2.74. The predicted octanol–water partition coefficient (Wildman–Crippen LogP) is 6.27. The number of aromatic nitrogens is 3. The van der Waals surface area contributed by atoms with Crippen LogP contribution in [0.4, 0.5) is 0 Å². The van der Waals surface area contributed by atoms with Crippen molar-refractivity contribution in [3.63, 3.8) is 0 Å². The largest absolute Gasteiger partial charge is 0.362 e. The monoisotopic (exact) mass is 500 g/mol. The maximum atomic E-state index is 11.8. The van der Waals surface area contributed by atoms with Crippen molar-refractivity contribution in [3.05, 3.63) is 84.2 Å². The maximum Gasteiger partial charge on any atom is 0.289 e. The molecule has 1 fully saturated rings. The van der Waals surface area contributed by atoms with Crippen molar-refractivity contribution in [1.29, 1.82) is 0 Å². The molecule has 0 bridgehead atoms. The highest BCUT2D eigenvalue weighted by molar-refractivity contribution is 6.23. The number of benzene rings is 4. The van der Waals surface area contributed by atoms with Gasteiger partial charge in [0.15, 0.2) is 6.04 Å². The molecule has 5 heteroatoms. The van der Waals surface area contributed by atoms with Crippen molar-refractivity contribution in [3.8, 4) is 11.3 Å². The molecule has 0 radical (unpaired) electrons. The topological polar surface area (TPSA) is 51.2 Å². The average Bonchev–Trinajstić information content (AvgIpc) is 3.44. The molecule has 0 amide bonds. The van der Waals surface area contributed by atoms with E-state index in [-0.39, 0.29) is 17.4 Å². The van der Waals surface area contributed by atoms with Crippen LogP contribution in [0.1, 0.15) is 43.9 Å². The van der Waals surface area contributed by atoms with E-state index in [2.05, 4.69) is 104 Å². The fraction of sp³-hybridized carbons (Fsp3) is 0.273. The van der Waals surface area contributed by atoms with E-state index in [0.717, 1.165) is 27.8 Å². The van der Waals surface area contributed by atoms with Crippen LogP contribution in [0.3, 0.4) is 0 Å². The van der Waals surface area contributed by atoms with E-state index in [9.17, 15) is 5.11 Å². The van der Waals surface area contributed by atoms with Crippen molar-refractivity contribution in [1.82, 2.24) is 9.55 Å². The van der Waals surface area contributed by atoms with Crippen LogP contribution in [-0.4, -0.2) is 27.6 Å². The zero-order valence-electron chi connectivity index (χ0n) is 22.3. The second-order valence-electron chi connectivity index (χ2n) is 12.0. The number of nitrogens with zero attached hydrogens (tertiary/aromatic N) is 3. The van der Waals surface area contributed by atoms with Gasteiger partial charge in [-0.3, -0.25) is 0 Å². The molecule has 0 spiro atoms. The lowest BCUT2D eigenvalue weighted by atomic mass is 9.79. The summed E-state index contributed by atoms with van der Waals surface area (Å²) in [6.45, 7) is 6.82. The summed E-state index contributed by atoms with van der Waals surface area (Å²) in [6.07, 6.45) is 1.91. The first kappa shape index (κ1) is 22.2. The molecule has 3 unspecified atom stereocenters. The van der Waals surface area contributed by atoms with E-state index in [0.29, 0.717) is 0 Å². The number of hydrogen-bond donors (Lipinski definition) is 1. The molecule has 38 heavy (non-hydrogen) atoms.